The molecule has 1 aromatic heterocycles. The second-order valence-electron chi connectivity index (χ2n) is 9.16. The van der Waals surface area contributed by atoms with Crippen molar-refractivity contribution >= 4 is 39.0 Å². The zero-order chi connectivity index (χ0) is 20.5. The molecule has 2 aliphatic rings. The SMILES string of the molecule is C[C@H]1CC[C@H](C(=O)N(c2c(C(=O)O)sc3ccccc23)[C@H]2CC[C@@H](C)CC2)CC1. The predicted molar refractivity (Wildman–Crippen MR) is 119 cm³/mol. The van der Waals surface area contributed by atoms with Gasteiger partial charge in [0, 0.05) is 22.0 Å². The zero-order valence-electron chi connectivity index (χ0n) is 17.4. The summed E-state index contributed by atoms with van der Waals surface area (Å²) < 4.78 is 0.944. The Labute approximate surface area is 176 Å². The van der Waals surface area contributed by atoms with Crippen molar-refractivity contribution in [3.8, 4) is 0 Å². The lowest BCUT2D eigenvalue weighted by Gasteiger charge is -2.39. The van der Waals surface area contributed by atoms with E-state index in [4.69, 9.17) is 0 Å². The van der Waals surface area contributed by atoms with Gasteiger partial charge in [0.05, 0.1) is 5.69 Å². The highest BCUT2D eigenvalue weighted by molar-refractivity contribution is 7.21. The quantitative estimate of drug-likeness (QED) is 0.636. The van der Waals surface area contributed by atoms with E-state index in [0.29, 0.717) is 22.4 Å². The summed E-state index contributed by atoms with van der Waals surface area (Å²) >= 11 is 1.30. The molecule has 29 heavy (non-hydrogen) atoms. The maximum absolute atomic E-state index is 13.8. The first-order chi connectivity index (χ1) is 14.0. The molecule has 156 valence electrons. The number of hydrogen-bond acceptors (Lipinski definition) is 3. The maximum atomic E-state index is 13.8. The lowest BCUT2D eigenvalue weighted by molar-refractivity contribution is -0.124. The number of thiophene rings is 1. The van der Waals surface area contributed by atoms with Gasteiger partial charge < -0.3 is 10.0 Å². The van der Waals surface area contributed by atoms with E-state index in [1.54, 1.807) is 0 Å². The van der Waals surface area contributed by atoms with Crippen LogP contribution in [0.5, 0.6) is 0 Å². The molecule has 0 spiro atoms. The maximum Gasteiger partial charge on any atom is 0.348 e. The van der Waals surface area contributed by atoms with Crippen molar-refractivity contribution in [3.63, 3.8) is 0 Å². The summed E-state index contributed by atoms with van der Waals surface area (Å²) in [5, 5.41) is 10.9. The van der Waals surface area contributed by atoms with E-state index in [1.165, 1.54) is 11.3 Å². The molecule has 0 radical (unpaired) electrons. The number of carboxylic acids is 1. The fourth-order valence-electron chi connectivity index (χ4n) is 5.09. The third-order valence-corrected chi connectivity index (χ3v) is 8.11. The number of carboxylic acid groups (broad SMARTS) is 1. The molecule has 4 rings (SSSR count). The van der Waals surface area contributed by atoms with Gasteiger partial charge in [-0.3, -0.25) is 4.79 Å². The molecular formula is C24H31NO3S. The summed E-state index contributed by atoms with van der Waals surface area (Å²) in [6, 6.07) is 7.92. The summed E-state index contributed by atoms with van der Waals surface area (Å²) in [7, 11) is 0. The lowest BCUT2D eigenvalue weighted by Crippen LogP contribution is -2.46. The Balaban J connectivity index is 1.78. The van der Waals surface area contributed by atoms with Gasteiger partial charge in [-0.25, -0.2) is 4.79 Å². The van der Waals surface area contributed by atoms with Crippen LogP contribution in [0.25, 0.3) is 10.1 Å². The first kappa shape index (κ1) is 20.4. The normalized spacial score (nSPS) is 27.7. The van der Waals surface area contributed by atoms with Crippen molar-refractivity contribution in [1.29, 1.82) is 0 Å². The Kier molecular flexibility index (Phi) is 5.95. The number of aromatic carboxylic acids is 1. The smallest absolute Gasteiger partial charge is 0.348 e. The summed E-state index contributed by atoms with van der Waals surface area (Å²) in [5.41, 5.74) is 0.654. The lowest BCUT2D eigenvalue weighted by atomic mass is 9.81. The molecule has 5 heteroatoms. The first-order valence-corrected chi connectivity index (χ1v) is 11.8. The highest BCUT2D eigenvalue weighted by atomic mass is 32.1. The molecule has 0 atom stereocenters. The molecule has 4 nitrogen and oxygen atoms in total. The summed E-state index contributed by atoms with van der Waals surface area (Å²) in [5.74, 6) is 0.602. The van der Waals surface area contributed by atoms with E-state index >= 15 is 0 Å². The first-order valence-electron chi connectivity index (χ1n) is 11.0. The minimum Gasteiger partial charge on any atom is -0.477 e. The van der Waals surface area contributed by atoms with Crippen molar-refractivity contribution in [3.05, 3.63) is 29.1 Å². The van der Waals surface area contributed by atoms with Crippen LogP contribution < -0.4 is 4.90 Å². The molecule has 1 heterocycles. The van der Waals surface area contributed by atoms with Gasteiger partial charge in [0.2, 0.25) is 5.91 Å². The van der Waals surface area contributed by atoms with Crippen molar-refractivity contribution < 1.29 is 14.7 Å². The number of rotatable bonds is 4. The highest BCUT2D eigenvalue weighted by Gasteiger charge is 2.37. The Morgan fingerprint density at radius 1 is 0.931 bits per heavy atom. The molecule has 0 unspecified atom stereocenters. The fourth-order valence-corrected chi connectivity index (χ4v) is 6.13. The number of nitrogens with zero attached hydrogens (tertiary/aromatic N) is 1. The third kappa shape index (κ3) is 4.07. The minimum atomic E-state index is -0.930. The monoisotopic (exact) mass is 413 g/mol. The van der Waals surface area contributed by atoms with Crippen LogP contribution >= 0.6 is 11.3 Å². The van der Waals surface area contributed by atoms with E-state index in [9.17, 15) is 14.7 Å². The van der Waals surface area contributed by atoms with Crippen molar-refractivity contribution in [2.45, 2.75) is 71.3 Å². The Bertz CT molecular complexity index is 889. The number of carbonyl (C=O) groups excluding carboxylic acids is 1. The van der Waals surface area contributed by atoms with Crippen LogP contribution in [-0.4, -0.2) is 23.0 Å². The largest absolute Gasteiger partial charge is 0.477 e. The van der Waals surface area contributed by atoms with Gasteiger partial charge in [-0.1, -0.05) is 32.0 Å². The molecular weight excluding hydrogens is 382 g/mol. The molecule has 0 aliphatic heterocycles. The van der Waals surface area contributed by atoms with Gasteiger partial charge >= 0.3 is 5.97 Å². The Morgan fingerprint density at radius 2 is 1.52 bits per heavy atom. The van der Waals surface area contributed by atoms with Crippen LogP contribution in [0.4, 0.5) is 5.69 Å². The third-order valence-electron chi connectivity index (χ3n) is 6.96. The molecule has 2 aromatic rings. The average Bonchev–Trinajstić information content (AvgIpc) is 3.10. The van der Waals surface area contributed by atoms with Gasteiger partial charge in [-0.2, -0.15) is 0 Å². The van der Waals surface area contributed by atoms with Crippen molar-refractivity contribution in [2.75, 3.05) is 4.90 Å². The van der Waals surface area contributed by atoms with Crippen molar-refractivity contribution in [2.24, 2.45) is 17.8 Å². The van der Waals surface area contributed by atoms with E-state index in [0.717, 1.165) is 61.5 Å². The molecule has 2 fully saturated rings. The topological polar surface area (TPSA) is 57.6 Å². The minimum absolute atomic E-state index is 0.0193. The molecule has 1 N–H and O–H groups in total. The molecule has 0 bridgehead atoms. The van der Waals surface area contributed by atoms with E-state index in [1.807, 2.05) is 29.2 Å². The van der Waals surface area contributed by atoms with E-state index in [-0.39, 0.29) is 17.9 Å². The number of anilines is 1. The predicted octanol–water partition coefficient (Wildman–Crippen LogP) is 6.34. The van der Waals surface area contributed by atoms with Gasteiger partial charge in [0.25, 0.3) is 0 Å². The average molecular weight is 414 g/mol. The molecule has 1 aromatic carbocycles. The van der Waals surface area contributed by atoms with Crippen LogP contribution in [-0.2, 0) is 4.79 Å². The standard InChI is InChI=1S/C24H31NO3S/c1-15-7-11-17(12-8-15)23(26)25(18-13-9-16(2)10-14-18)21-19-5-3-4-6-20(19)29-22(21)24(27)28/h3-6,15-18H,7-14H2,1-2H3,(H,27,28)/t15-,16-,17-,18+. The summed E-state index contributed by atoms with van der Waals surface area (Å²) in [4.78, 5) is 28.2. The van der Waals surface area contributed by atoms with Crippen LogP contribution in [0.3, 0.4) is 0 Å². The Hall–Kier alpha value is -1.88. The van der Waals surface area contributed by atoms with Crippen LogP contribution in [0.1, 0.15) is 74.9 Å². The van der Waals surface area contributed by atoms with Gasteiger partial charge in [-0.05, 0) is 69.3 Å². The number of fused-ring (bicyclic) bond motifs is 1. The van der Waals surface area contributed by atoms with E-state index in [2.05, 4.69) is 13.8 Å². The van der Waals surface area contributed by atoms with E-state index < -0.39 is 5.97 Å². The van der Waals surface area contributed by atoms with Gasteiger partial charge in [0.15, 0.2) is 0 Å². The number of amides is 1. The second kappa shape index (κ2) is 8.47. The number of carbonyl (C=O) groups is 2. The van der Waals surface area contributed by atoms with Crippen LogP contribution in [0.2, 0.25) is 0 Å². The Morgan fingerprint density at radius 3 is 2.14 bits per heavy atom. The second-order valence-corrected chi connectivity index (χ2v) is 10.2. The summed E-state index contributed by atoms with van der Waals surface area (Å²) in [6.45, 7) is 4.53. The molecule has 1 amide bonds. The number of benzene rings is 1. The zero-order valence-corrected chi connectivity index (χ0v) is 18.2. The molecule has 2 saturated carbocycles. The summed E-state index contributed by atoms with van der Waals surface area (Å²) in [6.07, 6.45) is 8.12. The van der Waals surface area contributed by atoms with Crippen LogP contribution in [0, 0.1) is 17.8 Å². The molecule has 0 saturated heterocycles. The number of hydrogen-bond donors (Lipinski definition) is 1. The van der Waals surface area contributed by atoms with Gasteiger partial charge in [-0.15, -0.1) is 11.3 Å². The van der Waals surface area contributed by atoms with Gasteiger partial charge in [0.1, 0.15) is 4.88 Å². The highest BCUT2D eigenvalue weighted by Crippen LogP contribution is 2.43. The van der Waals surface area contributed by atoms with Crippen LogP contribution in [0.15, 0.2) is 24.3 Å². The van der Waals surface area contributed by atoms with Crippen molar-refractivity contribution in [1.82, 2.24) is 0 Å². The molecule has 2 aliphatic carbocycles. The fraction of sp³-hybridized carbons (Fsp3) is 0.583.